The van der Waals surface area contributed by atoms with E-state index >= 15 is 0 Å². The molecule has 0 saturated carbocycles. The summed E-state index contributed by atoms with van der Waals surface area (Å²) >= 11 is 8.81. The third kappa shape index (κ3) is 7.84. The molecule has 0 amide bonds. The van der Waals surface area contributed by atoms with E-state index in [-0.39, 0.29) is 21.1 Å². The van der Waals surface area contributed by atoms with Crippen LogP contribution in [-0.4, -0.2) is 28.2 Å². The molecule has 1 aromatic carbocycles. The molecule has 21 heavy (non-hydrogen) atoms. The van der Waals surface area contributed by atoms with E-state index in [1.807, 2.05) is 0 Å². The van der Waals surface area contributed by atoms with Crippen LogP contribution in [-0.2, 0) is 4.79 Å². The van der Waals surface area contributed by atoms with E-state index in [4.69, 9.17) is 32.6 Å². The zero-order chi connectivity index (χ0) is 16.6. The zero-order valence-corrected chi connectivity index (χ0v) is 13.0. The van der Waals surface area contributed by atoms with Crippen LogP contribution in [0.5, 0.6) is 0 Å². The van der Waals surface area contributed by atoms with Gasteiger partial charge in [0.25, 0.3) is 11.7 Å². The number of nitrogens with two attached hydrogens (primary N) is 1. The van der Waals surface area contributed by atoms with E-state index < -0.39 is 10.9 Å². The van der Waals surface area contributed by atoms with Gasteiger partial charge in [-0.25, -0.2) is 5.43 Å². The SMILES string of the molecule is CC(=O)O.N=C(N)NN=Cc1cc(Cl)cc([N+](=O)[O-])c1Br. The number of hydrazone groups is 1. The van der Waals surface area contributed by atoms with Gasteiger partial charge in [-0.05, 0) is 22.0 Å². The monoisotopic (exact) mass is 379 g/mol. The number of hydrogen-bond acceptors (Lipinski definition) is 5. The molecule has 5 N–H and O–H groups in total. The second-order valence-corrected chi connectivity index (χ2v) is 4.62. The first-order valence-electron chi connectivity index (χ1n) is 5.11. The van der Waals surface area contributed by atoms with Gasteiger partial charge in [0.15, 0.2) is 0 Å². The summed E-state index contributed by atoms with van der Waals surface area (Å²) in [5.41, 5.74) is 7.44. The summed E-state index contributed by atoms with van der Waals surface area (Å²) in [7, 11) is 0. The second-order valence-electron chi connectivity index (χ2n) is 3.39. The Hall–Kier alpha value is -2.20. The third-order valence-corrected chi connectivity index (χ3v) is 2.71. The number of aliphatic carboxylic acids is 1. The molecule has 0 unspecified atom stereocenters. The summed E-state index contributed by atoms with van der Waals surface area (Å²) in [6.07, 6.45) is 1.27. The fraction of sp³-hybridized carbons (Fsp3) is 0.100. The number of nitrogens with zero attached hydrogens (tertiary/aromatic N) is 2. The van der Waals surface area contributed by atoms with E-state index in [1.54, 1.807) is 0 Å². The number of benzene rings is 1. The molecule has 0 aromatic heterocycles. The maximum atomic E-state index is 10.7. The van der Waals surface area contributed by atoms with Gasteiger partial charge in [-0.1, -0.05) is 11.6 Å². The van der Waals surface area contributed by atoms with Crippen LogP contribution in [0.15, 0.2) is 21.7 Å². The van der Waals surface area contributed by atoms with E-state index in [9.17, 15) is 10.1 Å². The quantitative estimate of drug-likeness (QED) is 0.272. The van der Waals surface area contributed by atoms with Crippen molar-refractivity contribution >= 4 is 51.4 Å². The highest BCUT2D eigenvalue weighted by Crippen LogP contribution is 2.31. The van der Waals surface area contributed by atoms with Gasteiger partial charge < -0.3 is 10.8 Å². The topological polar surface area (TPSA) is 155 Å². The molecule has 0 aliphatic heterocycles. The average molecular weight is 381 g/mol. The number of carbonyl (C=O) groups is 1. The fourth-order valence-corrected chi connectivity index (χ4v) is 1.69. The van der Waals surface area contributed by atoms with Gasteiger partial charge >= 0.3 is 0 Å². The summed E-state index contributed by atoms with van der Waals surface area (Å²) in [4.78, 5) is 19.1. The molecule has 11 heteroatoms. The molecule has 0 fully saturated rings. The maximum absolute atomic E-state index is 10.7. The Morgan fingerprint density at radius 2 is 2.19 bits per heavy atom. The molecule has 9 nitrogen and oxygen atoms in total. The minimum atomic E-state index is -0.833. The lowest BCUT2D eigenvalue weighted by Gasteiger charge is -2.01. The molecule has 0 spiro atoms. The first-order valence-corrected chi connectivity index (χ1v) is 6.28. The molecule has 0 aliphatic rings. The lowest BCUT2D eigenvalue weighted by atomic mass is 10.2. The zero-order valence-electron chi connectivity index (χ0n) is 10.6. The highest BCUT2D eigenvalue weighted by atomic mass is 79.9. The Kier molecular flexibility index (Phi) is 7.94. The number of nitro groups is 1. The van der Waals surface area contributed by atoms with Crippen LogP contribution in [0, 0.1) is 15.5 Å². The highest BCUT2D eigenvalue weighted by Gasteiger charge is 2.16. The minimum absolute atomic E-state index is 0.165. The molecule has 1 aromatic rings. The van der Waals surface area contributed by atoms with E-state index in [0.717, 1.165) is 6.92 Å². The number of rotatable bonds is 3. The molecule has 114 valence electrons. The van der Waals surface area contributed by atoms with Crippen molar-refractivity contribution in [1.82, 2.24) is 5.43 Å². The summed E-state index contributed by atoms with van der Waals surface area (Å²) in [5.74, 6) is -1.17. The molecule has 0 bridgehead atoms. The van der Waals surface area contributed by atoms with Crippen LogP contribution in [0.2, 0.25) is 5.02 Å². The van der Waals surface area contributed by atoms with Crippen molar-refractivity contribution in [1.29, 1.82) is 5.41 Å². The van der Waals surface area contributed by atoms with Crippen molar-refractivity contribution in [3.05, 3.63) is 37.3 Å². The highest BCUT2D eigenvalue weighted by molar-refractivity contribution is 9.10. The Labute approximate surface area is 132 Å². The van der Waals surface area contributed by atoms with Crippen molar-refractivity contribution in [2.75, 3.05) is 0 Å². The number of nitro benzene ring substituents is 1. The third-order valence-electron chi connectivity index (χ3n) is 1.63. The van der Waals surface area contributed by atoms with Gasteiger partial charge in [-0.3, -0.25) is 20.3 Å². The van der Waals surface area contributed by atoms with Crippen LogP contribution in [0.4, 0.5) is 5.69 Å². The Bertz CT molecular complexity index is 589. The Morgan fingerprint density at radius 3 is 2.62 bits per heavy atom. The number of nitrogens with one attached hydrogen (secondary N) is 2. The molecular formula is C10H11BrClN5O4. The van der Waals surface area contributed by atoms with Crippen molar-refractivity contribution in [3.63, 3.8) is 0 Å². The van der Waals surface area contributed by atoms with Crippen LogP contribution in [0.3, 0.4) is 0 Å². The van der Waals surface area contributed by atoms with Crippen LogP contribution < -0.4 is 11.2 Å². The molecule has 0 atom stereocenters. The van der Waals surface area contributed by atoms with Gasteiger partial charge in [0, 0.05) is 23.6 Å². The molecule has 1 rings (SSSR count). The largest absolute Gasteiger partial charge is 0.481 e. The number of carboxylic acids is 1. The van der Waals surface area contributed by atoms with Crippen LogP contribution >= 0.6 is 27.5 Å². The molecule has 0 saturated heterocycles. The van der Waals surface area contributed by atoms with Crippen molar-refractivity contribution in [2.24, 2.45) is 10.8 Å². The molecule has 0 heterocycles. The first-order chi connectivity index (χ1) is 9.65. The fourth-order valence-electron chi connectivity index (χ4n) is 0.994. The molecule has 0 radical (unpaired) electrons. The second kappa shape index (κ2) is 8.87. The van der Waals surface area contributed by atoms with Crippen molar-refractivity contribution in [3.8, 4) is 0 Å². The number of guanidine groups is 1. The van der Waals surface area contributed by atoms with Crippen LogP contribution in [0.1, 0.15) is 12.5 Å². The number of hydrogen-bond donors (Lipinski definition) is 4. The van der Waals surface area contributed by atoms with Gasteiger partial charge in [0.1, 0.15) is 4.47 Å². The standard InChI is InChI=1S/C8H7BrClN5O2.C2H4O2/c9-7-4(3-13-14-8(11)12)1-5(10)2-6(7)15(16)17;1-2(3)4/h1-3H,(H4,11,12,14);1H3,(H,3,4). The number of carboxylic acid groups (broad SMARTS) is 1. The van der Waals surface area contributed by atoms with E-state index in [0.29, 0.717) is 5.56 Å². The average Bonchev–Trinajstić information content (AvgIpc) is 2.31. The predicted octanol–water partition coefficient (Wildman–Crippen LogP) is 1.92. The molecular weight excluding hydrogens is 369 g/mol. The lowest BCUT2D eigenvalue weighted by Crippen LogP contribution is -2.25. The van der Waals surface area contributed by atoms with Crippen molar-refractivity contribution < 1.29 is 14.8 Å². The predicted molar refractivity (Wildman–Crippen MR) is 81.8 cm³/mol. The summed E-state index contributed by atoms with van der Waals surface area (Å²) in [5, 5.41) is 28.8. The van der Waals surface area contributed by atoms with E-state index in [2.05, 4.69) is 26.5 Å². The van der Waals surface area contributed by atoms with Crippen LogP contribution in [0.25, 0.3) is 0 Å². The van der Waals surface area contributed by atoms with Gasteiger partial charge in [0.05, 0.1) is 11.1 Å². The first kappa shape index (κ1) is 18.8. The Morgan fingerprint density at radius 1 is 1.67 bits per heavy atom. The molecule has 0 aliphatic carbocycles. The minimum Gasteiger partial charge on any atom is -0.481 e. The van der Waals surface area contributed by atoms with Gasteiger partial charge in [0.2, 0.25) is 5.96 Å². The van der Waals surface area contributed by atoms with Crippen molar-refractivity contribution in [2.45, 2.75) is 6.92 Å². The number of halogens is 2. The summed E-state index contributed by atoms with van der Waals surface area (Å²) < 4.78 is 0.251. The summed E-state index contributed by atoms with van der Waals surface area (Å²) in [6.45, 7) is 1.08. The maximum Gasteiger partial charge on any atom is 0.300 e. The normalized spacial score (nSPS) is 9.67. The van der Waals surface area contributed by atoms with Gasteiger partial charge in [-0.15, -0.1) is 0 Å². The van der Waals surface area contributed by atoms with Gasteiger partial charge in [-0.2, -0.15) is 5.10 Å². The lowest BCUT2D eigenvalue weighted by molar-refractivity contribution is -0.385. The van der Waals surface area contributed by atoms with E-state index in [1.165, 1.54) is 18.3 Å². The smallest absolute Gasteiger partial charge is 0.300 e. The Balaban J connectivity index is 0.000000885. The summed E-state index contributed by atoms with van der Waals surface area (Å²) in [6, 6.07) is 2.71.